The first kappa shape index (κ1) is 21.2. The van der Waals surface area contributed by atoms with E-state index in [-0.39, 0.29) is 11.3 Å². The molecule has 2 aromatic rings. The molecular weight excluding hydrogens is 442 g/mol. The van der Waals surface area contributed by atoms with Crippen LogP contribution in [0.3, 0.4) is 0 Å². The molecule has 1 atom stereocenters. The van der Waals surface area contributed by atoms with Crippen LogP contribution in [0, 0.1) is 6.92 Å². The molecule has 0 bridgehead atoms. The van der Waals surface area contributed by atoms with Gasteiger partial charge >= 0.3 is 0 Å². The maximum atomic E-state index is 12.7. The molecule has 28 heavy (non-hydrogen) atoms. The number of nitrogens with one attached hydrogen (secondary N) is 1. The van der Waals surface area contributed by atoms with E-state index in [4.69, 9.17) is 21.1 Å². The minimum absolute atomic E-state index is 0.139. The van der Waals surface area contributed by atoms with Crippen LogP contribution in [-0.4, -0.2) is 31.8 Å². The highest BCUT2D eigenvalue weighted by molar-refractivity contribution is 9.10. The minimum atomic E-state index is -0.602. The molecule has 1 amide bonds. The molecule has 1 unspecified atom stereocenters. The quantitative estimate of drug-likeness (QED) is 0.648. The average Bonchev–Trinajstić information content (AvgIpc) is 2.69. The first-order chi connectivity index (χ1) is 13.4. The molecule has 0 radical (unpaired) electrons. The molecule has 1 N–H and O–H groups in total. The number of hydrogen-bond donors (Lipinski definition) is 1. The van der Waals surface area contributed by atoms with E-state index in [1.54, 1.807) is 6.92 Å². The Kier molecular flexibility index (Phi) is 7.02. The Morgan fingerprint density at radius 3 is 2.71 bits per heavy atom. The Bertz CT molecular complexity index is 836. The molecule has 0 aliphatic carbocycles. The highest BCUT2D eigenvalue weighted by atomic mass is 79.9. The number of aryl methyl sites for hydroxylation is 1. The van der Waals surface area contributed by atoms with Crippen molar-refractivity contribution in [2.45, 2.75) is 38.2 Å². The molecule has 1 saturated heterocycles. The summed E-state index contributed by atoms with van der Waals surface area (Å²) in [6, 6.07) is 13.7. The number of benzene rings is 2. The van der Waals surface area contributed by atoms with Crippen molar-refractivity contribution in [3.8, 4) is 5.75 Å². The molecule has 3 rings (SSSR count). The fourth-order valence-corrected chi connectivity index (χ4v) is 4.27. The highest BCUT2D eigenvalue weighted by Gasteiger charge is 2.35. The minimum Gasteiger partial charge on any atom is -0.480 e. The van der Waals surface area contributed by atoms with Crippen LogP contribution < -0.4 is 10.1 Å². The number of amides is 1. The molecule has 4 nitrogen and oxygen atoms in total. The lowest BCUT2D eigenvalue weighted by Crippen LogP contribution is -2.47. The average molecular weight is 467 g/mol. The van der Waals surface area contributed by atoms with Gasteiger partial charge in [0.25, 0.3) is 5.91 Å². The molecule has 6 heteroatoms. The van der Waals surface area contributed by atoms with Crippen LogP contribution in [-0.2, 0) is 14.9 Å². The summed E-state index contributed by atoms with van der Waals surface area (Å²) in [7, 11) is 0. The summed E-state index contributed by atoms with van der Waals surface area (Å²) in [5.41, 5.74) is 2.08. The topological polar surface area (TPSA) is 47.6 Å². The molecule has 0 aromatic heterocycles. The third-order valence-corrected chi connectivity index (χ3v) is 6.10. The summed E-state index contributed by atoms with van der Waals surface area (Å²) in [5, 5.41) is 3.79. The first-order valence-corrected chi connectivity index (χ1v) is 10.6. The maximum absolute atomic E-state index is 12.7. The molecule has 1 heterocycles. The van der Waals surface area contributed by atoms with Gasteiger partial charge in [-0.2, -0.15) is 0 Å². The van der Waals surface area contributed by atoms with Crippen molar-refractivity contribution in [3.63, 3.8) is 0 Å². The molecule has 1 fully saturated rings. The van der Waals surface area contributed by atoms with Gasteiger partial charge in [-0.05, 0) is 78.0 Å². The van der Waals surface area contributed by atoms with E-state index in [9.17, 15) is 4.79 Å². The van der Waals surface area contributed by atoms with Crippen LogP contribution in [0.4, 0.5) is 0 Å². The second kappa shape index (κ2) is 9.29. The number of hydrogen-bond acceptors (Lipinski definition) is 3. The van der Waals surface area contributed by atoms with E-state index in [1.807, 2.05) is 43.3 Å². The van der Waals surface area contributed by atoms with Gasteiger partial charge in [0.15, 0.2) is 6.10 Å². The number of rotatable bonds is 6. The van der Waals surface area contributed by atoms with Gasteiger partial charge in [0.1, 0.15) is 5.75 Å². The molecule has 0 saturated carbocycles. The second-order valence-electron chi connectivity index (χ2n) is 7.31. The SMILES string of the molecule is Cc1ccc(OC(C)C(=O)NCC2(c3cccc(Cl)c3)CCOCC2)c(Br)c1. The predicted octanol–water partition coefficient (Wildman–Crippen LogP) is 5.04. The van der Waals surface area contributed by atoms with E-state index in [0.29, 0.717) is 30.5 Å². The van der Waals surface area contributed by atoms with Gasteiger partial charge < -0.3 is 14.8 Å². The van der Waals surface area contributed by atoms with E-state index in [0.717, 1.165) is 28.4 Å². The van der Waals surface area contributed by atoms with Crippen LogP contribution in [0.2, 0.25) is 5.02 Å². The Labute approximate surface area is 179 Å². The third kappa shape index (κ3) is 5.07. The van der Waals surface area contributed by atoms with E-state index < -0.39 is 6.10 Å². The lowest BCUT2D eigenvalue weighted by atomic mass is 9.74. The number of ether oxygens (including phenoxy) is 2. The number of halogens is 2. The van der Waals surface area contributed by atoms with Crippen molar-refractivity contribution in [2.24, 2.45) is 0 Å². The van der Waals surface area contributed by atoms with Gasteiger partial charge in [0.05, 0.1) is 4.47 Å². The predicted molar refractivity (Wildman–Crippen MR) is 115 cm³/mol. The molecule has 2 aromatic carbocycles. The van der Waals surface area contributed by atoms with Gasteiger partial charge in [0.2, 0.25) is 0 Å². The van der Waals surface area contributed by atoms with Gasteiger partial charge in [-0.15, -0.1) is 0 Å². The van der Waals surface area contributed by atoms with Crippen LogP contribution in [0.15, 0.2) is 46.9 Å². The Morgan fingerprint density at radius 1 is 1.29 bits per heavy atom. The highest BCUT2D eigenvalue weighted by Crippen LogP contribution is 2.35. The molecule has 0 spiro atoms. The lowest BCUT2D eigenvalue weighted by Gasteiger charge is -2.38. The Balaban J connectivity index is 1.68. The summed E-state index contributed by atoms with van der Waals surface area (Å²) in [4.78, 5) is 12.7. The van der Waals surface area contributed by atoms with Gasteiger partial charge in [-0.3, -0.25) is 4.79 Å². The monoisotopic (exact) mass is 465 g/mol. The lowest BCUT2D eigenvalue weighted by molar-refractivity contribution is -0.127. The van der Waals surface area contributed by atoms with Crippen LogP contribution in [0.1, 0.15) is 30.9 Å². The normalized spacial score (nSPS) is 17.0. The number of carbonyl (C=O) groups is 1. The van der Waals surface area contributed by atoms with Crippen molar-refractivity contribution < 1.29 is 14.3 Å². The summed E-state index contributed by atoms with van der Waals surface area (Å²) in [6.07, 6.45) is 1.08. The molecule has 1 aliphatic heterocycles. The first-order valence-electron chi connectivity index (χ1n) is 9.44. The molecule has 150 valence electrons. The zero-order valence-electron chi connectivity index (χ0n) is 16.1. The van der Waals surface area contributed by atoms with Crippen LogP contribution in [0.25, 0.3) is 0 Å². The van der Waals surface area contributed by atoms with E-state index in [2.05, 4.69) is 27.3 Å². The maximum Gasteiger partial charge on any atom is 0.260 e. The zero-order chi connectivity index (χ0) is 20.1. The molecule has 1 aliphatic rings. The van der Waals surface area contributed by atoms with Crippen LogP contribution >= 0.6 is 27.5 Å². The van der Waals surface area contributed by atoms with Gasteiger partial charge in [0, 0.05) is 30.2 Å². The summed E-state index contributed by atoms with van der Waals surface area (Å²) in [6.45, 7) is 5.64. The zero-order valence-corrected chi connectivity index (χ0v) is 18.5. The van der Waals surface area contributed by atoms with E-state index in [1.165, 1.54) is 0 Å². The van der Waals surface area contributed by atoms with Crippen molar-refractivity contribution in [2.75, 3.05) is 19.8 Å². The van der Waals surface area contributed by atoms with Crippen molar-refractivity contribution in [1.82, 2.24) is 5.32 Å². The largest absolute Gasteiger partial charge is 0.480 e. The fraction of sp³-hybridized carbons (Fsp3) is 0.409. The smallest absolute Gasteiger partial charge is 0.260 e. The number of carbonyl (C=O) groups excluding carboxylic acids is 1. The standard InChI is InChI=1S/C22H25BrClNO3/c1-15-6-7-20(19(23)12-15)28-16(2)21(26)25-14-22(8-10-27-11-9-22)17-4-3-5-18(24)13-17/h3-7,12-13,16H,8-11,14H2,1-2H3,(H,25,26). The molecular formula is C22H25BrClNO3. The fourth-order valence-electron chi connectivity index (χ4n) is 3.49. The van der Waals surface area contributed by atoms with Gasteiger partial charge in [-0.1, -0.05) is 29.8 Å². The van der Waals surface area contributed by atoms with Gasteiger partial charge in [-0.25, -0.2) is 0 Å². The van der Waals surface area contributed by atoms with Crippen molar-refractivity contribution in [3.05, 3.63) is 63.1 Å². The van der Waals surface area contributed by atoms with E-state index >= 15 is 0 Å². The summed E-state index contributed by atoms with van der Waals surface area (Å²) >= 11 is 9.70. The second-order valence-corrected chi connectivity index (χ2v) is 8.61. The Hall–Kier alpha value is -1.56. The Morgan fingerprint density at radius 2 is 2.04 bits per heavy atom. The summed E-state index contributed by atoms with van der Waals surface area (Å²) < 4.78 is 12.3. The third-order valence-electron chi connectivity index (χ3n) is 5.25. The van der Waals surface area contributed by atoms with Crippen LogP contribution in [0.5, 0.6) is 5.75 Å². The van der Waals surface area contributed by atoms with Crippen molar-refractivity contribution in [1.29, 1.82) is 0 Å². The summed E-state index contributed by atoms with van der Waals surface area (Å²) in [5.74, 6) is 0.518. The van der Waals surface area contributed by atoms with Crippen molar-refractivity contribution >= 4 is 33.4 Å².